The summed E-state index contributed by atoms with van der Waals surface area (Å²) in [6.07, 6.45) is -1.32. The van der Waals surface area contributed by atoms with Crippen LogP contribution in [0.4, 0.5) is 0 Å². The molecule has 0 fully saturated rings. The van der Waals surface area contributed by atoms with Crippen molar-refractivity contribution in [2.45, 2.75) is 27.1 Å². The van der Waals surface area contributed by atoms with Gasteiger partial charge in [-0.1, -0.05) is 20.4 Å². The summed E-state index contributed by atoms with van der Waals surface area (Å²) in [7, 11) is 0. The number of carbonyl (C=O) groups excluding carboxylic acids is 1. The molecule has 13 heavy (non-hydrogen) atoms. The summed E-state index contributed by atoms with van der Waals surface area (Å²) >= 11 is 0. The van der Waals surface area contributed by atoms with Gasteiger partial charge in [-0.3, -0.25) is 0 Å². The molecule has 2 N–H and O–H groups in total. The van der Waals surface area contributed by atoms with E-state index in [4.69, 9.17) is 5.11 Å². The van der Waals surface area contributed by atoms with Gasteiger partial charge in [-0.25, -0.2) is 4.79 Å². The van der Waals surface area contributed by atoms with Crippen LogP contribution in [0.1, 0.15) is 20.8 Å². The highest BCUT2D eigenvalue weighted by Gasteiger charge is 2.30. The van der Waals surface area contributed by atoms with Crippen molar-refractivity contribution in [3.63, 3.8) is 0 Å². The van der Waals surface area contributed by atoms with E-state index in [0.29, 0.717) is 0 Å². The summed E-state index contributed by atoms with van der Waals surface area (Å²) in [4.78, 5) is 11.0. The first kappa shape index (κ1) is 12.1. The lowest BCUT2D eigenvalue weighted by Gasteiger charge is -2.27. The van der Waals surface area contributed by atoms with Crippen LogP contribution in [0.5, 0.6) is 0 Å². The minimum atomic E-state index is -1.32. The molecule has 1 unspecified atom stereocenters. The smallest absolute Gasteiger partial charge is 0.335 e. The Hall–Kier alpha value is -0.870. The third-order valence-electron chi connectivity index (χ3n) is 1.64. The average Bonchev–Trinajstić information content (AvgIpc) is 2.04. The fourth-order valence-corrected chi connectivity index (χ4v) is 0.440. The first-order valence-electron chi connectivity index (χ1n) is 3.96. The highest BCUT2D eigenvalue weighted by molar-refractivity contribution is 5.87. The van der Waals surface area contributed by atoms with E-state index in [0.717, 1.165) is 0 Å². The summed E-state index contributed by atoms with van der Waals surface area (Å²) in [6.45, 7) is 7.76. The van der Waals surface area contributed by atoms with E-state index in [9.17, 15) is 9.90 Å². The van der Waals surface area contributed by atoms with Crippen LogP contribution >= 0.6 is 0 Å². The minimum Gasteiger partial charge on any atom is -0.432 e. The topological polar surface area (TPSA) is 66.8 Å². The van der Waals surface area contributed by atoms with Crippen LogP contribution in [0, 0.1) is 5.41 Å². The quantitative estimate of drug-likeness (QED) is 0.382. The number of hydrogen-bond acceptors (Lipinski definition) is 4. The molecule has 0 saturated carbocycles. The second kappa shape index (κ2) is 4.39. The SMILES string of the molecule is C=C(C)C(=O)OC(O)C(C)(C)CO. The Labute approximate surface area is 77.8 Å². The number of hydrogen-bond donors (Lipinski definition) is 2. The molecule has 0 aromatic rings. The fraction of sp³-hybridized carbons (Fsp3) is 0.667. The Morgan fingerprint density at radius 3 is 2.38 bits per heavy atom. The van der Waals surface area contributed by atoms with Crippen molar-refractivity contribution in [1.29, 1.82) is 0 Å². The van der Waals surface area contributed by atoms with Gasteiger partial charge in [0.15, 0.2) is 0 Å². The van der Waals surface area contributed by atoms with Gasteiger partial charge in [0.2, 0.25) is 6.29 Å². The van der Waals surface area contributed by atoms with Gasteiger partial charge < -0.3 is 14.9 Å². The summed E-state index contributed by atoms with van der Waals surface area (Å²) in [5.74, 6) is -0.658. The average molecular weight is 188 g/mol. The van der Waals surface area contributed by atoms with Crippen molar-refractivity contribution in [2.75, 3.05) is 6.61 Å². The normalized spacial score (nSPS) is 13.6. The van der Waals surface area contributed by atoms with Gasteiger partial charge in [0.25, 0.3) is 0 Å². The van der Waals surface area contributed by atoms with Crippen molar-refractivity contribution < 1.29 is 19.7 Å². The lowest BCUT2D eigenvalue weighted by Crippen LogP contribution is -2.36. The Kier molecular flexibility index (Phi) is 4.10. The van der Waals surface area contributed by atoms with Crippen molar-refractivity contribution in [2.24, 2.45) is 5.41 Å². The molecule has 76 valence electrons. The molecule has 0 aromatic heterocycles. The highest BCUT2D eigenvalue weighted by Crippen LogP contribution is 2.20. The van der Waals surface area contributed by atoms with E-state index < -0.39 is 17.7 Å². The summed E-state index contributed by atoms with van der Waals surface area (Å²) in [5, 5.41) is 18.2. The molecule has 0 aromatic carbocycles. The molecular formula is C9H16O4. The number of aliphatic hydroxyl groups is 2. The number of carbonyl (C=O) groups is 1. The predicted molar refractivity (Wildman–Crippen MR) is 47.8 cm³/mol. The van der Waals surface area contributed by atoms with E-state index in [2.05, 4.69) is 11.3 Å². The van der Waals surface area contributed by atoms with Gasteiger partial charge in [0.1, 0.15) is 0 Å². The van der Waals surface area contributed by atoms with Crippen LogP contribution in [0.2, 0.25) is 0 Å². The Morgan fingerprint density at radius 1 is 1.62 bits per heavy atom. The van der Waals surface area contributed by atoms with Crippen LogP contribution in [0.15, 0.2) is 12.2 Å². The van der Waals surface area contributed by atoms with Crippen molar-refractivity contribution in [3.05, 3.63) is 12.2 Å². The maximum Gasteiger partial charge on any atom is 0.335 e. The number of rotatable bonds is 4. The standard InChI is InChI=1S/C9H16O4/c1-6(2)7(11)13-8(12)9(3,4)5-10/h8,10,12H,1,5H2,2-4H3. The number of ether oxygens (including phenoxy) is 1. The molecule has 0 aliphatic carbocycles. The van der Waals surface area contributed by atoms with Gasteiger partial charge in [0.05, 0.1) is 12.0 Å². The van der Waals surface area contributed by atoms with Gasteiger partial charge in [0, 0.05) is 5.57 Å². The first-order chi connectivity index (χ1) is 5.81. The fourth-order valence-electron chi connectivity index (χ4n) is 0.440. The van der Waals surface area contributed by atoms with E-state index in [1.807, 2.05) is 0 Å². The van der Waals surface area contributed by atoms with E-state index in [-0.39, 0.29) is 12.2 Å². The monoisotopic (exact) mass is 188 g/mol. The second-order valence-electron chi connectivity index (χ2n) is 3.68. The van der Waals surface area contributed by atoms with Crippen molar-refractivity contribution in [1.82, 2.24) is 0 Å². The molecule has 0 radical (unpaired) electrons. The van der Waals surface area contributed by atoms with Crippen molar-refractivity contribution in [3.8, 4) is 0 Å². The molecule has 0 amide bonds. The Balaban J connectivity index is 4.23. The molecule has 0 aliphatic heterocycles. The number of esters is 1. The predicted octanol–water partition coefficient (Wildman–Crippen LogP) is 0.443. The molecule has 4 heteroatoms. The lowest BCUT2D eigenvalue weighted by molar-refractivity contribution is -0.189. The molecule has 0 spiro atoms. The Bertz CT molecular complexity index is 208. The lowest BCUT2D eigenvalue weighted by atomic mass is 9.94. The van der Waals surface area contributed by atoms with Gasteiger partial charge in [-0.05, 0) is 6.92 Å². The number of aliphatic hydroxyl groups excluding tert-OH is 2. The van der Waals surface area contributed by atoms with Gasteiger partial charge >= 0.3 is 5.97 Å². The van der Waals surface area contributed by atoms with Crippen molar-refractivity contribution >= 4 is 5.97 Å². The molecule has 0 bridgehead atoms. The second-order valence-corrected chi connectivity index (χ2v) is 3.68. The summed E-state index contributed by atoms with van der Waals surface area (Å²) in [6, 6.07) is 0. The molecule has 0 saturated heterocycles. The third kappa shape index (κ3) is 3.57. The summed E-state index contributed by atoms with van der Waals surface area (Å²) < 4.78 is 4.62. The van der Waals surface area contributed by atoms with Gasteiger partial charge in [-0.15, -0.1) is 0 Å². The third-order valence-corrected chi connectivity index (χ3v) is 1.64. The minimum absolute atomic E-state index is 0.216. The van der Waals surface area contributed by atoms with E-state index in [1.165, 1.54) is 6.92 Å². The first-order valence-corrected chi connectivity index (χ1v) is 3.96. The summed E-state index contributed by atoms with van der Waals surface area (Å²) in [5.41, 5.74) is -0.640. The molecular weight excluding hydrogens is 172 g/mol. The largest absolute Gasteiger partial charge is 0.432 e. The molecule has 0 heterocycles. The Morgan fingerprint density at radius 2 is 2.08 bits per heavy atom. The highest BCUT2D eigenvalue weighted by atomic mass is 16.6. The maximum absolute atomic E-state index is 11.0. The van der Waals surface area contributed by atoms with Crippen LogP contribution in [0.3, 0.4) is 0 Å². The maximum atomic E-state index is 11.0. The van der Waals surface area contributed by atoms with Crippen LogP contribution in [-0.2, 0) is 9.53 Å². The molecule has 1 atom stereocenters. The van der Waals surface area contributed by atoms with E-state index in [1.54, 1.807) is 13.8 Å². The molecule has 4 nitrogen and oxygen atoms in total. The van der Waals surface area contributed by atoms with Crippen LogP contribution < -0.4 is 0 Å². The zero-order valence-electron chi connectivity index (χ0n) is 8.20. The zero-order valence-corrected chi connectivity index (χ0v) is 8.20. The van der Waals surface area contributed by atoms with Crippen LogP contribution in [-0.4, -0.2) is 29.1 Å². The molecule has 0 rings (SSSR count). The van der Waals surface area contributed by atoms with Crippen LogP contribution in [0.25, 0.3) is 0 Å². The van der Waals surface area contributed by atoms with Gasteiger partial charge in [-0.2, -0.15) is 0 Å². The zero-order chi connectivity index (χ0) is 10.6. The molecule has 0 aliphatic rings. The van der Waals surface area contributed by atoms with E-state index >= 15 is 0 Å².